The molecule has 0 spiro atoms. The van der Waals surface area contributed by atoms with Gasteiger partial charge in [0, 0.05) is 25.2 Å². The molecule has 25 heavy (non-hydrogen) atoms. The molecule has 6 heteroatoms. The number of hydrogen-bond acceptors (Lipinski definition) is 3. The van der Waals surface area contributed by atoms with E-state index in [0.29, 0.717) is 6.54 Å². The number of hydrogen-bond donors (Lipinski definition) is 2. The summed E-state index contributed by atoms with van der Waals surface area (Å²) in [4.78, 5) is 14.9. The minimum Gasteiger partial charge on any atom is -0.354 e. The number of nitrogens with two attached hydrogens (primary N) is 1. The highest BCUT2D eigenvalue weighted by atomic mass is 35.5. The van der Waals surface area contributed by atoms with E-state index in [4.69, 9.17) is 5.73 Å². The highest BCUT2D eigenvalue weighted by Gasteiger charge is 2.28. The molecule has 1 heterocycles. The lowest BCUT2D eigenvalue weighted by Gasteiger charge is -2.33. The fourth-order valence-corrected chi connectivity index (χ4v) is 3.16. The zero-order valence-electron chi connectivity index (χ0n) is 15.4. The van der Waals surface area contributed by atoms with Crippen molar-refractivity contribution in [2.45, 2.75) is 51.6 Å². The van der Waals surface area contributed by atoms with Crippen LogP contribution in [0.5, 0.6) is 0 Å². The number of carbonyl (C=O) groups excluding carboxylic acids is 1. The van der Waals surface area contributed by atoms with E-state index in [2.05, 4.69) is 48.3 Å². The molecule has 4 nitrogen and oxygen atoms in total. The van der Waals surface area contributed by atoms with Crippen molar-refractivity contribution in [3.05, 3.63) is 35.9 Å². The lowest BCUT2D eigenvalue weighted by atomic mass is 9.93. The first-order valence-electron chi connectivity index (χ1n) is 8.89. The first kappa shape index (κ1) is 24.2. The fraction of sp³-hybridized carbons (Fsp3) is 0.632. The molecule has 0 aliphatic carbocycles. The van der Waals surface area contributed by atoms with E-state index in [1.165, 1.54) is 5.56 Å². The summed E-state index contributed by atoms with van der Waals surface area (Å²) < 4.78 is 0. The Morgan fingerprint density at radius 2 is 1.88 bits per heavy atom. The van der Waals surface area contributed by atoms with Crippen LogP contribution in [0, 0.1) is 5.92 Å². The van der Waals surface area contributed by atoms with Crippen LogP contribution in [0.4, 0.5) is 0 Å². The van der Waals surface area contributed by atoms with Gasteiger partial charge >= 0.3 is 0 Å². The Bertz CT molecular complexity index is 495. The molecule has 1 atom stereocenters. The number of nitrogens with one attached hydrogen (secondary N) is 1. The number of halogens is 2. The number of likely N-dealkylation sites (tertiary alicyclic amines) is 1. The van der Waals surface area contributed by atoms with Crippen LogP contribution in [0.3, 0.4) is 0 Å². The van der Waals surface area contributed by atoms with Gasteiger partial charge in [0.25, 0.3) is 0 Å². The Morgan fingerprint density at radius 3 is 2.48 bits per heavy atom. The molecule has 2 rings (SSSR count). The summed E-state index contributed by atoms with van der Waals surface area (Å²) in [6.45, 7) is 7.58. The maximum atomic E-state index is 12.5. The van der Waals surface area contributed by atoms with Crippen LogP contribution in [0.15, 0.2) is 30.3 Å². The van der Waals surface area contributed by atoms with Crippen LogP contribution in [-0.4, -0.2) is 36.0 Å². The summed E-state index contributed by atoms with van der Waals surface area (Å²) in [7, 11) is 0. The van der Waals surface area contributed by atoms with E-state index in [1.54, 1.807) is 0 Å². The average Bonchev–Trinajstić information content (AvgIpc) is 2.60. The van der Waals surface area contributed by atoms with Gasteiger partial charge in [-0.05, 0) is 37.8 Å². The average molecular weight is 390 g/mol. The summed E-state index contributed by atoms with van der Waals surface area (Å²) >= 11 is 0. The van der Waals surface area contributed by atoms with Gasteiger partial charge in [-0.1, -0.05) is 44.2 Å². The standard InChI is InChI=1S/C19H31N3O.2ClH/c1-3-19(20,4-2)15-21-18(23)17-11-8-12-22(14-17)13-16-9-6-5-7-10-16;;/h5-7,9-10,17H,3-4,8,11-15,20H2,1-2H3,(H,21,23);2*1H. The van der Waals surface area contributed by atoms with Gasteiger partial charge in [0.1, 0.15) is 0 Å². The van der Waals surface area contributed by atoms with Crippen molar-refractivity contribution in [2.24, 2.45) is 11.7 Å². The largest absolute Gasteiger partial charge is 0.354 e. The number of benzene rings is 1. The van der Waals surface area contributed by atoms with Crippen LogP contribution >= 0.6 is 24.8 Å². The van der Waals surface area contributed by atoms with Crippen molar-refractivity contribution in [3.63, 3.8) is 0 Å². The van der Waals surface area contributed by atoms with Crippen LogP contribution in [-0.2, 0) is 11.3 Å². The second kappa shape index (κ2) is 11.7. The van der Waals surface area contributed by atoms with Crippen LogP contribution in [0.2, 0.25) is 0 Å². The van der Waals surface area contributed by atoms with E-state index in [0.717, 1.165) is 45.3 Å². The number of piperidine rings is 1. The summed E-state index contributed by atoms with van der Waals surface area (Å²) in [6.07, 6.45) is 3.83. The van der Waals surface area contributed by atoms with Crippen molar-refractivity contribution in [1.29, 1.82) is 0 Å². The van der Waals surface area contributed by atoms with Crippen molar-refractivity contribution in [1.82, 2.24) is 10.2 Å². The zero-order valence-corrected chi connectivity index (χ0v) is 17.0. The first-order valence-corrected chi connectivity index (χ1v) is 8.89. The molecule has 0 aromatic heterocycles. The molecule has 1 aromatic carbocycles. The number of carbonyl (C=O) groups is 1. The van der Waals surface area contributed by atoms with Crippen LogP contribution < -0.4 is 11.1 Å². The molecule has 0 radical (unpaired) electrons. The van der Waals surface area contributed by atoms with Crippen molar-refractivity contribution >= 4 is 30.7 Å². The van der Waals surface area contributed by atoms with E-state index >= 15 is 0 Å². The molecule has 1 unspecified atom stereocenters. The summed E-state index contributed by atoms with van der Waals surface area (Å²) in [5.74, 6) is 0.255. The van der Waals surface area contributed by atoms with Gasteiger partial charge in [0.05, 0.1) is 5.92 Å². The van der Waals surface area contributed by atoms with Crippen molar-refractivity contribution < 1.29 is 4.79 Å². The molecule has 1 aromatic rings. The maximum Gasteiger partial charge on any atom is 0.224 e. The Kier molecular flexibility index (Phi) is 11.4. The summed E-state index contributed by atoms with van der Waals surface area (Å²) in [5.41, 5.74) is 7.32. The molecule has 1 saturated heterocycles. The lowest BCUT2D eigenvalue weighted by molar-refractivity contribution is -0.127. The molecule has 1 fully saturated rings. The van der Waals surface area contributed by atoms with Gasteiger partial charge in [-0.25, -0.2) is 0 Å². The Labute approximate surface area is 164 Å². The normalized spacial score (nSPS) is 18.0. The second-order valence-corrected chi connectivity index (χ2v) is 6.85. The van der Waals surface area contributed by atoms with E-state index in [-0.39, 0.29) is 42.2 Å². The van der Waals surface area contributed by atoms with Gasteiger partial charge in [-0.2, -0.15) is 0 Å². The molecule has 1 amide bonds. The van der Waals surface area contributed by atoms with Gasteiger partial charge in [-0.3, -0.25) is 9.69 Å². The third kappa shape index (κ3) is 7.53. The molecular formula is C19H33Cl2N3O. The number of nitrogens with zero attached hydrogens (tertiary/aromatic N) is 1. The number of amides is 1. The maximum absolute atomic E-state index is 12.5. The smallest absolute Gasteiger partial charge is 0.224 e. The lowest BCUT2D eigenvalue weighted by Crippen LogP contribution is -2.51. The predicted molar refractivity (Wildman–Crippen MR) is 109 cm³/mol. The predicted octanol–water partition coefficient (Wildman–Crippen LogP) is 3.38. The molecule has 0 saturated carbocycles. The number of rotatable bonds is 7. The van der Waals surface area contributed by atoms with E-state index in [9.17, 15) is 4.79 Å². The topological polar surface area (TPSA) is 58.4 Å². The third-order valence-electron chi connectivity index (χ3n) is 5.15. The Hall–Kier alpha value is -0.810. The molecule has 1 aliphatic rings. The summed E-state index contributed by atoms with van der Waals surface area (Å²) in [5, 5.41) is 3.09. The first-order chi connectivity index (χ1) is 11.1. The van der Waals surface area contributed by atoms with Crippen LogP contribution in [0.1, 0.15) is 45.1 Å². The SMILES string of the molecule is CCC(N)(CC)CNC(=O)C1CCCN(Cc2ccccc2)C1.Cl.Cl. The molecule has 0 bridgehead atoms. The monoisotopic (exact) mass is 389 g/mol. The quantitative estimate of drug-likeness (QED) is 0.751. The van der Waals surface area contributed by atoms with E-state index in [1.807, 2.05) is 6.07 Å². The minimum absolute atomic E-state index is 0. The molecule has 1 aliphatic heterocycles. The zero-order chi connectivity index (χ0) is 16.7. The van der Waals surface area contributed by atoms with Crippen molar-refractivity contribution in [3.8, 4) is 0 Å². The third-order valence-corrected chi connectivity index (χ3v) is 5.15. The van der Waals surface area contributed by atoms with Crippen LogP contribution in [0.25, 0.3) is 0 Å². The van der Waals surface area contributed by atoms with Gasteiger partial charge < -0.3 is 11.1 Å². The highest BCUT2D eigenvalue weighted by molar-refractivity contribution is 5.85. The Morgan fingerprint density at radius 1 is 1.24 bits per heavy atom. The summed E-state index contributed by atoms with van der Waals surface area (Å²) in [6, 6.07) is 10.5. The molecule has 3 N–H and O–H groups in total. The molecule has 144 valence electrons. The fourth-order valence-electron chi connectivity index (χ4n) is 3.16. The van der Waals surface area contributed by atoms with Gasteiger partial charge in [0.2, 0.25) is 5.91 Å². The van der Waals surface area contributed by atoms with Gasteiger partial charge in [-0.15, -0.1) is 24.8 Å². The second-order valence-electron chi connectivity index (χ2n) is 6.85. The van der Waals surface area contributed by atoms with Crippen molar-refractivity contribution in [2.75, 3.05) is 19.6 Å². The Balaban J connectivity index is 0.00000288. The molecular weight excluding hydrogens is 357 g/mol. The van der Waals surface area contributed by atoms with E-state index < -0.39 is 0 Å². The van der Waals surface area contributed by atoms with Gasteiger partial charge in [0.15, 0.2) is 0 Å². The highest BCUT2D eigenvalue weighted by Crippen LogP contribution is 2.19. The minimum atomic E-state index is -0.270.